The maximum atomic E-state index is 12.4. The summed E-state index contributed by atoms with van der Waals surface area (Å²) in [6.07, 6.45) is 0. The number of anilines is 1. The van der Waals surface area contributed by atoms with Crippen molar-refractivity contribution in [2.75, 3.05) is 5.32 Å². The van der Waals surface area contributed by atoms with Gasteiger partial charge >= 0.3 is 0 Å². The summed E-state index contributed by atoms with van der Waals surface area (Å²) in [4.78, 5) is 24.2. The molecular formula is C15H9Cl2N3O2. The Morgan fingerprint density at radius 3 is 2.32 bits per heavy atom. The molecule has 0 saturated heterocycles. The van der Waals surface area contributed by atoms with E-state index in [0.717, 1.165) is 0 Å². The highest BCUT2D eigenvalue weighted by molar-refractivity contribution is 6.40. The van der Waals surface area contributed by atoms with Crippen LogP contribution in [0.2, 0.25) is 10.0 Å². The van der Waals surface area contributed by atoms with Gasteiger partial charge in [-0.15, -0.1) is 0 Å². The monoisotopic (exact) mass is 333 g/mol. The van der Waals surface area contributed by atoms with Crippen molar-refractivity contribution in [3.05, 3.63) is 68.6 Å². The van der Waals surface area contributed by atoms with E-state index >= 15 is 0 Å². The number of hydrogen-bond acceptors (Lipinski definition) is 3. The van der Waals surface area contributed by atoms with Gasteiger partial charge in [0.25, 0.3) is 11.5 Å². The Hall–Kier alpha value is -2.37. The zero-order chi connectivity index (χ0) is 15.7. The van der Waals surface area contributed by atoms with Gasteiger partial charge in [0.05, 0.1) is 21.1 Å². The summed E-state index contributed by atoms with van der Waals surface area (Å²) in [6, 6.07) is 11.6. The summed E-state index contributed by atoms with van der Waals surface area (Å²) in [6.45, 7) is 0. The van der Waals surface area contributed by atoms with E-state index in [1.165, 1.54) is 0 Å². The third kappa shape index (κ3) is 2.56. The summed E-state index contributed by atoms with van der Waals surface area (Å²) in [7, 11) is 0. The number of nitrogens with one attached hydrogen (secondary N) is 2. The number of aromatic amines is 1. The number of H-pyrrole nitrogens is 1. The molecule has 3 aromatic rings. The lowest BCUT2D eigenvalue weighted by Crippen LogP contribution is -2.19. The van der Waals surface area contributed by atoms with Crippen LogP contribution in [0.5, 0.6) is 0 Å². The van der Waals surface area contributed by atoms with Gasteiger partial charge in [-0.3, -0.25) is 9.59 Å². The van der Waals surface area contributed by atoms with Crippen LogP contribution in [0.25, 0.3) is 10.8 Å². The molecule has 0 radical (unpaired) electrons. The number of nitrogens with zero attached hydrogens (tertiary/aromatic N) is 1. The van der Waals surface area contributed by atoms with Crippen LogP contribution in [-0.4, -0.2) is 16.1 Å². The highest BCUT2D eigenvalue weighted by atomic mass is 35.5. The van der Waals surface area contributed by atoms with Gasteiger partial charge in [0.15, 0.2) is 5.69 Å². The molecule has 0 saturated carbocycles. The van der Waals surface area contributed by atoms with Crippen molar-refractivity contribution in [2.45, 2.75) is 0 Å². The van der Waals surface area contributed by atoms with Crippen LogP contribution in [0.15, 0.2) is 47.3 Å². The number of benzene rings is 2. The Morgan fingerprint density at radius 1 is 1.00 bits per heavy atom. The molecule has 0 bridgehead atoms. The number of rotatable bonds is 2. The second-order valence-electron chi connectivity index (χ2n) is 4.50. The topological polar surface area (TPSA) is 74.8 Å². The van der Waals surface area contributed by atoms with Crippen molar-refractivity contribution in [1.82, 2.24) is 10.2 Å². The van der Waals surface area contributed by atoms with Crippen LogP contribution in [0.4, 0.5) is 5.69 Å². The van der Waals surface area contributed by atoms with E-state index in [2.05, 4.69) is 15.5 Å². The number of aromatic nitrogens is 2. The van der Waals surface area contributed by atoms with Gasteiger partial charge in [-0.1, -0.05) is 47.5 Å². The Labute approximate surface area is 134 Å². The fourth-order valence-corrected chi connectivity index (χ4v) is 2.57. The van der Waals surface area contributed by atoms with Crippen LogP contribution >= 0.6 is 23.2 Å². The molecule has 0 unspecified atom stereocenters. The van der Waals surface area contributed by atoms with Crippen LogP contribution in [0, 0.1) is 0 Å². The average molecular weight is 334 g/mol. The highest BCUT2D eigenvalue weighted by Crippen LogP contribution is 2.30. The molecule has 0 spiro atoms. The minimum atomic E-state index is -0.512. The predicted molar refractivity (Wildman–Crippen MR) is 86.8 cm³/mol. The number of halogens is 2. The normalized spacial score (nSPS) is 10.6. The molecule has 0 atom stereocenters. The lowest BCUT2D eigenvalue weighted by Gasteiger charge is -2.09. The van der Waals surface area contributed by atoms with E-state index in [0.29, 0.717) is 26.5 Å². The second kappa shape index (κ2) is 5.79. The standard InChI is InChI=1S/C15H9Cl2N3O2/c16-10-6-3-7-11(17)13(10)18-15(22)12-8-4-1-2-5-9(8)14(21)20-19-12/h1-7H,(H,18,22)(H,20,21). The Balaban J connectivity index is 2.07. The molecule has 0 aliphatic heterocycles. The average Bonchev–Trinajstić information content (AvgIpc) is 2.51. The smallest absolute Gasteiger partial charge is 0.276 e. The second-order valence-corrected chi connectivity index (χ2v) is 5.31. The zero-order valence-corrected chi connectivity index (χ0v) is 12.6. The number of para-hydroxylation sites is 1. The van der Waals surface area contributed by atoms with Crippen LogP contribution in [0.1, 0.15) is 10.5 Å². The van der Waals surface area contributed by atoms with Gasteiger partial charge in [0.2, 0.25) is 0 Å². The molecule has 22 heavy (non-hydrogen) atoms. The molecule has 1 aromatic heterocycles. The first kappa shape index (κ1) is 14.6. The number of hydrogen-bond donors (Lipinski definition) is 2. The van der Waals surface area contributed by atoms with E-state index in [4.69, 9.17) is 23.2 Å². The molecule has 3 rings (SSSR count). The van der Waals surface area contributed by atoms with Gasteiger partial charge in [0.1, 0.15) is 0 Å². The maximum absolute atomic E-state index is 12.4. The van der Waals surface area contributed by atoms with Gasteiger partial charge in [-0.25, -0.2) is 5.10 Å². The van der Waals surface area contributed by atoms with Crippen molar-refractivity contribution in [1.29, 1.82) is 0 Å². The summed E-state index contributed by atoms with van der Waals surface area (Å²) in [5.41, 5.74) is 0.0297. The molecule has 2 aromatic carbocycles. The summed E-state index contributed by atoms with van der Waals surface area (Å²) in [5.74, 6) is -0.512. The number of carbonyl (C=O) groups excluding carboxylic acids is 1. The van der Waals surface area contributed by atoms with Crippen molar-refractivity contribution in [3.63, 3.8) is 0 Å². The van der Waals surface area contributed by atoms with Gasteiger partial charge in [-0.2, -0.15) is 5.10 Å². The fourth-order valence-electron chi connectivity index (χ4n) is 2.08. The quantitative estimate of drug-likeness (QED) is 0.753. The van der Waals surface area contributed by atoms with E-state index in [1.54, 1.807) is 42.5 Å². The molecule has 1 heterocycles. The molecule has 5 nitrogen and oxygen atoms in total. The summed E-state index contributed by atoms with van der Waals surface area (Å²) >= 11 is 12.1. The van der Waals surface area contributed by atoms with Crippen molar-refractivity contribution < 1.29 is 4.79 Å². The van der Waals surface area contributed by atoms with Crippen LogP contribution in [0.3, 0.4) is 0 Å². The molecule has 110 valence electrons. The maximum Gasteiger partial charge on any atom is 0.276 e. The minimum Gasteiger partial charge on any atom is -0.318 e. The van der Waals surface area contributed by atoms with E-state index in [9.17, 15) is 9.59 Å². The first-order valence-corrected chi connectivity index (χ1v) is 7.06. The van der Waals surface area contributed by atoms with Gasteiger partial charge < -0.3 is 5.32 Å². The number of amides is 1. The van der Waals surface area contributed by atoms with E-state index in [-0.39, 0.29) is 11.3 Å². The Kier molecular flexibility index (Phi) is 3.83. The lowest BCUT2D eigenvalue weighted by molar-refractivity contribution is 0.102. The highest BCUT2D eigenvalue weighted by Gasteiger charge is 2.16. The SMILES string of the molecule is O=C(Nc1c(Cl)cccc1Cl)c1n[nH]c(=O)c2ccccc12. The predicted octanol–water partition coefficient (Wildman–Crippen LogP) is 3.48. The van der Waals surface area contributed by atoms with Gasteiger partial charge in [-0.05, 0) is 18.2 Å². The number of fused-ring (bicyclic) bond motifs is 1. The lowest BCUT2D eigenvalue weighted by atomic mass is 10.1. The molecule has 7 heteroatoms. The molecule has 0 aliphatic carbocycles. The first-order chi connectivity index (χ1) is 10.6. The number of carbonyl (C=O) groups is 1. The molecule has 1 amide bonds. The van der Waals surface area contributed by atoms with Crippen molar-refractivity contribution in [2.24, 2.45) is 0 Å². The third-order valence-electron chi connectivity index (χ3n) is 3.11. The first-order valence-electron chi connectivity index (χ1n) is 6.30. The molecule has 0 aliphatic rings. The zero-order valence-electron chi connectivity index (χ0n) is 11.1. The summed E-state index contributed by atoms with van der Waals surface area (Å²) < 4.78 is 0. The van der Waals surface area contributed by atoms with E-state index in [1.807, 2.05) is 0 Å². The summed E-state index contributed by atoms with van der Waals surface area (Å²) in [5, 5.41) is 10.2. The fraction of sp³-hybridized carbons (Fsp3) is 0. The van der Waals surface area contributed by atoms with E-state index < -0.39 is 5.91 Å². The van der Waals surface area contributed by atoms with Crippen molar-refractivity contribution >= 4 is 45.6 Å². The third-order valence-corrected chi connectivity index (χ3v) is 3.74. The molecular weight excluding hydrogens is 325 g/mol. The van der Waals surface area contributed by atoms with Crippen LogP contribution in [-0.2, 0) is 0 Å². The molecule has 2 N–H and O–H groups in total. The largest absolute Gasteiger partial charge is 0.318 e. The van der Waals surface area contributed by atoms with Gasteiger partial charge in [0, 0.05) is 5.39 Å². The Morgan fingerprint density at radius 2 is 1.64 bits per heavy atom. The Bertz CT molecular complexity index is 917. The van der Waals surface area contributed by atoms with Crippen molar-refractivity contribution in [3.8, 4) is 0 Å². The minimum absolute atomic E-state index is 0.0891. The van der Waals surface area contributed by atoms with Crippen LogP contribution < -0.4 is 10.9 Å². The molecule has 0 fully saturated rings.